The minimum atomic E-state index is -0.766. The van der Waals surface area contributed by atoms with E-state index in [1.165, 1.54) is 0 Å². The summed E-state index contributed by atoms with van der Waals surface area (Å²) in [6, 6.07) is 10.8. The first kappa shape index (κ1) is 18.4. The molecule has 1 aromatic rings. The molecular formula is C14H29GeSi3. The zero-order chi connectivity index (χ0) is 14.3. The van der Waals surface area contributed by atoms with Crippen molar-refractivity contribution < 1.29 is 0 Å². The van der Waals surface area contributed by atoms with Gasteiger partial charge in [-0.1, -0.05) is 39.3 Å². The molecule has 0 amide bonds. The Morgan fingerprint density at radius 1 is 0.833 bits per heavy atom. The Labute approximate surface area is 123 Å². The molecule has 4 heteroatoms. The van der Waals surface area contributed by atoms with Gasteiger partial charge in [-0.05, 0) is 0 Å². The van der Waals surface area contributed by atoms with Crippen LogP contribution in [0.3, 0.4) is 0 Å². The van der Waals surface area contributed by atoms with Crippen molar-refractivity contribution in [2.75, 3.05) is 0 Å². The van der Waals surface area contributed by atoms with Gasteiger partial charge in [0.2, 0.25) is 0 Å². The van der Waals surface area contributed by atoms with Crippen LogP contribution in [0.25, 0.3) is 0 Å². The van der Waals surface area contributed by atoms with E-state index in [0.29, 0.717) is 0 Å². The molecule has 0 saturated heterocycles. The molecule has 0 fully saturated rings. The Balaban J connectivity index is 0.000000321. The second kappa shape index (κ2) is 8.56. The summed E-state index contributed by atoms with van der Waals surface area (Å²) >= 11 is -0.766. The summed E-state index contributed by atoms with van der Waals surface area (Å²) in [5.74, 6) is 4.74. The van der Waals surface area contributed by atoms with E-state index in [2.05, 4.69) is 81.1 Å². The van der Waals surface area contributed by atoms with Crippen LogP contribution in [0.15, 0.2) is 30.3 Å². The molecule has 1 rings (SSSR count). The molecule has 0 saturated carbocycles. The van der Waals surface area contributed by atoms with E-state index in [9.17, 15) is 0 Å². The van der Waals surface area contributed by atoms with E-state index in [1.807, 2.05) is 0 Å². The Morgan fingerprint density at radius 3 is 1.39 bits per heavy atom. The summed E-state index contributed by atoms with van der Waals surface area (Å²) in [5, 5.41) is 0. The van der Waals surface area contributed by atoms with Gasteiger partial charge in [0.1, 0.15) is 0 Å². The molecular weight excluding hydrogens is 325 g/mol. The van der Waals surface area contributed by atoms with E-state index < -0.39 is 21.5 Å². The fourth-order valence-corrected chi connectivity index (χ4v) is 16.1. The van der Waals surface area contributed by atoms with Gasteiger partial charge in [-0.15, -0.1) is 0 Å². The molecule has 0 spiro atoms. The van der Waals surface area contributed by atoms with Crippen LogP contribution in [-0.4, -0.2) is 38.1 Å². The number of rotatable bonds is 3. The first-order valence-corrected chi connectivity index (χ1v) is 21.9. The van der Waals surface area contributed by atoms with Gasteiger partial charge in [-0.3, -0.25) is 0 Å². The molecule has 0 atom stereocenters. The van der Waals surface area contributed by atoms with E-state index in [1.54, 1.807) is 4.40 Å². The molecule has 0 aliphatic heterocycles. The molecule has 0 aliphatic carbocycles. The van der Waals surface area contributed by atoms with E-state index in [4.69, 9.17) is 0 Å². The van der Waals surface area contributed by atoms with Crippen molar-refractivity contribution in [1.29, 1.82) is 0 Å². The van der Waals surface area contributed by atoms with Gasteiger partial charge in [0.25, 0.3) is 0 Å². The zero-order valence-electron chi connectivity index (χ0n) is 13.4. The Morgan fingerprint density at radius 2 is 1.22 bits per heavy atom. The zero-order valence-corrected chi connectivity index (χ0v) is 18.5. The van der Waals surface area contributed by atoms with E-state index in [-0.39, 0.29) is 16.6 Å². The van der Waals surface area contributed by atoms with Crippen LogP contribution >= 0.6 is 0 Å². The average molecular weight is 354 g/mol. The maximum atomic E-state index is 2.57. The van der Waals surface area contributed by atoms with E-state index >= 15 is 0 Å². The van der Waals surface area contributed by atoms with E-state index in [0.717, 1.165) is 0 Å². The van der Waals surface area contributed by atoms with Crippen molar-refractivity contribution in [1.82, 2.24) is 0 Å². The van der Waals surface area contributed by atoms with Crippen LogP contribution in [0.5, 0.6) is 0 Å². The standard InChI is InChI=1S/C8H11Ge.C6H18Si3/c1-9(2)8-6-4-3-5-7-8;1-7(2)9(5,6)8(3)4/h3-7H,1-2H3;1-6H3. The van der Waals surface area contributed by atoms with Crippen LogP contribution in [0, 0.1) is 0 Å². The SMILES string of the molecule is C[Si](C)[Si](C)(C)[Si](C)C.[CH3][Ge]([CH3])[c]1ccccc1. The number of hydrogen-bond donors (Lipinski definition) is 0. The van der Waals surface area contributed by atoms with Crippen LogP contribution in [-0.2, 0) is 0 Å². The summed E-state index contributed by atoms with van der Waals surface area (Å²) < 4.78 is 1.58. The van der Waals surface area contributed by atoms with Gasteiger partial charge in [0.05, 0.1) is 0 Å². The van der Waals surface area contributed by atoms with Crippen molar-refractivity contribution in [3.8, 4) is 0 Å². The average Bonchev–Trinajstić information content (AvgIpc) is 2.30. The van der Waals surface area contributed by atoms with Crippen LogP contribution in [0.2, 0.25) is 50.8 Å². The van der Waals surface area contributed by atoms with Gasteiger partial charge in [-0.25, -0.2) is 0 Å². The minimum absolute atomic E-state index is 0.0738. The third-order valence-electron chi connectivity index (χ3n) is 3.85. The quantitative estimate of drug-likeness (QED) is 0.720. The van der Waals surface area contributed by atoms with Gasteiger partial charge >= 0.3 is 60.6 Å². The molecule has 0 unspecified atom stereocenters. The van der Waals surface area contributed by atoms with Gasteiger partial charge < -0.3 is 0 Å². The molecule has 1 aromatic carbocycles. The summed E-state index contributed by atoms with van der Waals surface area (Å²) in [4.78, 5) is 0. The molecule has 3 radical (unpaired) electrons. The van der Waals surface area contributed by atoms with Crippen molar-refractivity contribution >= 4 is 42.5 Å². The van der Waals surface area contributed by atoms with Crippen LogP contribution in [0.1, 0.15) is 0 Å². The Bertz CT molecular complexity index is 311. The predicted molar refractivity (Wildman–Crippen MR) is 96.0 cm³/mol. The number of benzene rings is 1. The molecule has 18 heavy (non-hydrogen) atoms. The fraction of sp³-hybridized carbons (Fsp3) is 0.571. The van der Waals surface area contributed by atoms with Gasteiger partial charge in [-0.2, -0.15) is 0 Å². The van der Waals surface area contributed by atoms with Crippen molar-refractivity contribution in [3.63, 3.8) is 0 Å². The van der Waals surface area contributed by atoms with Crippen LogP contribution < -0.4 is 4.40 Å². The second-order valence-electron chi connectivity index (χ2n) is 5.99. The molecule has 0 nitrogen and oxygen atoms in total. The normalized spacial score (nSPS) is 11.7. The third-order valence-corrected chi connectivity index (χ3v) is 36.0. The Hall–Kier alpha value is 0.414. The van der Waals surface area contributed by atoms with Gasteiger partial charge in [0.15, 0.2) is 0 Å². The number of hydrogen-bond acceptors (Lipinski definition) is 0. The summed E-state index contributed by atoms with van der Waals surface area (Å²) in [5.41, 5.74) is 0. The molecule has 0 heterocycles. The monoisotopic (exact) mass is 355 g/mol. The van der Waals surface area contributed by atoms with Crippen molar-refractivity contribution in [2.45, 2.75) is 50.8 Å². The fourth-order valence-electron chi connectivity index (χ4n) is 1.27. The molecule has 0 aromatic heterocycles. The van der Waals surface area contributed by atoms with Crippen LogP contribution in [0.4, 0.5) is 0 Å². The third kappa shape index (κ3) is 6.54. The molecule has 101 valence electrons. The predicted octanol–water partition coefficient (Wildman–Crippen LogP) is 4.01. The molecule has 0 aliphatic rings. The summed E-state index contributed by atoms with van der Waals surface area (Å²) in [6.07, 6.45) is 0. The summed E-state index contributed by atoms with van der Waals surface area (Å²) in [7, 11) is -0.507. The molecule has 0 bridgehead atoms. The topological polar surface area (TPSA) is 0 Å². The summed E-state index contributed by atoms with van der Waals surface area (Å²) in [6.45, 7) is 15.1. The first-order chi connectivity index (χ1) is 8.19. The molecule has 0 N–H and O–H groups in total. The second-order valence-corrected chi connectivity index (χ2v) is 33.6. The van der Waals surface area contributed by atoms with Gasteiger partial charge in [0, 0.05) is 23.7 Å². The van der Waals surface area contributed by atoms with Crippen molar-refractivity contribution in [2.24, 2.45) is 0 Å². The maximum absolute atomic E-state index is 2.57. The van der Waals surface area contributed by atoms with Crippen molar-refractivity contribution in [3.05, 3.63) is 30.3 Å². The first-order valence-electron chi connectivity index (χ1n) is 6.66. The Kier molecular flexibility index (Phi) is 8.75.